The number of ether oxygens (including phenoxy) is 2. The van der Waals surface area contributed by atoms with Crippen molar-refractivity contribution in [2.24, 2.45) is 4.99 Å². The molecule has 0 aliphatic rings. The first-order valence-corrected chi connectivity index (χ1v) is 9.34. The number of hydrogen-bond acceptors (Lipinski definition) is 5. The summed E-state index contributed by atoms with van der Waals surface area (Å²) in [5, 5.41) is 6.51. The number of guanidine groups is 1. The maximum Gasteiger partial charge on any atom is 0.226 e. The number of aryl methyl sites for hydroxylation is 1. The third-order valence-corrected chi connectivity index (χ3v) is 4.39. The Kier molecular flexibility index (Phi) is 8.97. The second-order valence-corrected chi connectivity index (χ2v) is 6.45. The summed E-state index contributed by atoms with van der Waals surface area (Å²) in [5.74, 6) is 2.61. The smallest absolute Gasteiger partial charge is 0.226 e. The Bertz CT molecular complexity index is 971. The van der Waals surface area contributed by atoms with Crippen molar-refractivity contribution in [3.63, 3.8) is 0 Å². The highest BCUT2D eigenvalue weighted by Gasteiger charge is 2.08. The van der Waals surface area contributed by atoms with Crippen molar-refractivity contribution < 1.29 is 13.9 Å². The quantitative estimate of drug-likeness (QED) is 0.270. The van der Waals surface area contributed by atoms with Gasteiger partial charge < -0.3 is 24.5 Å². The molecule has 0 fully saturated rings. The third-order valence-electron chi connectivity index (χ3n) is 4.39. The number of nitrogens with one attached hydrogen (secondary N) is 2. The van der Waals surface area contributed by atoms with Crippen LogP contribution in [0.3, 0.4) is 0 Å². The summed E-state index contributed by atoms with van der Waals surface area (Å²) in [7, 11) is 4.94. The van der Waals surface area contributed by atoms with Gasteiger partial charge in [-0.15, -0.1) is 24.0 Å². The van der Waals surface area contributed by atoms with Gasteiger partial charge in [0, 0.05) is 37.3 Å². The van der Waals surface area contributed by atoms with Crippen LogP contribution in [0.1, 0.15) is 11.3 Å². The lowest BCUT2D eigenvalue weighted by Gasteiger charge is -2.13. The highest BCUT2D eigenvalue weighted by atomic mass is 127. The van der Waals surface area contributed by atoms with Crippen LogP contribution in [-0.2, 0) is 6.42 Å². The summed E-state index contributed by atoms with van der Waals surface area (Å²) in [5.41, 5.74) is 3.91. The molecule has 0 saturated heterocycles. The van der Waals surface area contributed by atoms with E-state index in [1.165, 1.54) is 5.56 Å². The first kappa shape index (κ1) is 23.5. The summed E-state index contributed by atoms with van der Waals surface area (Å²) in [6.45, 7) is 2.71. The number of benzene rings is 2. The number of halogens is 1. The van der Waals surface area contributed by atoms with Crippen molar-refractivity contribution in [2.45, 2.75) is 13.3 Å². The molecular weight excluding hydrogens is 495 g/mol. The lowest BCUT2D eigenvalue weighted by atomic mass is 10.1. The zero-order valence-electron chi connectivity index (χ0n) is 17.6. The molecule has 0 unspecified atom stereocenters. The predicted octanol–water partition coefficient (Wildman–Crippen LogP) is 4.52. The van der Waals surface area contributed by atoms with Gasteiger partial charge in [-0.1, -0.05) is 17.7 Å². The van der Waals surface area contributed by atoms with E-state index in [4.69, 9.17) is 13.9 Å². The minimum Gasteiger partial charge on any atom is -0.493 e. The maximum absolute atomic E-state index is 5.61. The van der Waals surface area contributed by atoms with E-state index in [1.54, 1.807) is 27.5 Å². The zero-order chi connectivity index (χ0) is 20.6. The van der Waals surface area contributed by atoms with Crippen LogP contribution < -0.4 is 20.1 Å². The van der Waals surface area contributed by atoms with Gasteiger partial charge >= 0.3 is 0 Å². The van der Waals surface area contributed by atoms with Gasteiger partial charge in [-0.2, -0.15) is 0 Å². The number of nitrogens with zero attached hydrogens (tertiary/aromatic N) is 2. The van der Waals surface area contributed by atoms with Gasteiger partial charge in [-0.3, -0.25) is 4.99 Å². The highest BCUT2D eigenvalue weighted by molar-refractivity contribution is 14.0. The molecule has 160 valence electrons. The van der Waals surface area contributed by atoms with Crippen LogP contribution in [0.15, 0.2) is 58.1 Å². The fourth-order valence-electron chi connectivity index (χ4n) is 2.79. The van der Waals surface area contributed by atoms with Crippen molar-refractivity contribution >= 4 is 35.6 Å². The minimum absolute atomic E-state index is 0. The van der Waals surface area contributed by atoms with Crippen molar-refractivity contribution in [1.29, 1.82) is 0 Å². The van der Waals surface area contributed by atoms with Crippen LogP contribution in [-0.4, -0.2) is 38.8 Å². The summed E-state index contributed by atoms with van der Waals surface area (Å²) in [4.78, 5) is 8.81. The lowest BCUT2D eigenvalue weighted by Crippen LogP contribution is -2.32. The number of aliphatic imine (C=N–C) groups is 1. The SMILES string of the molecule is CN=C(NCCc1coc(-c2ccc(C)cc2)n1)Nc1ccc(OC)c(OC)c1.I. The molecule has 3 rings (SSSR count). The Morgan fingerprint density at radius 3 is 2.47 bits per heavy atom. The molecule has 2 N–H and O–H groups in total. The number of methoxy groups -OCH3 is 2. The van der Waals surface area contributed by atoms with E-state index in [-0.39, 0.29) is 24.0 Å². The number of aromatic nitrogens is 1. The van der Waals surface area contributed by atoms with Gasteiger partial charge in [0.1, 0.15) is 6.26 Å². The van der Waals surface area contributed by atoms with E-state index in [0.717, 1.165) is 16.9 Å². The van der Waals surface area contributed by atoms with E-state index in [9.17, 15) is 0 Å². The van der Waals surface area contributed by atoms with Crippen molar-refractivity contribution in [1.82, 2.24) is 10.3 Å². The van der Waals surface area contributed by atoms with E-state index in [2.05, 4.69) is 27.5 Å². The Hall–Kier alpha value is -2.75. The van der Waals surface area contributed by atoms with Gasteiger partial charge in [0.15, 0.2) is 17.5 Å². The van der Waals surface area contributed by atoms with Crippen LogP contribution in [0, 0.1) is 6.92 Å². The molecule has 0 radical (unpaired) electrons. The molecule has 0 saturated carbocycles. The lowest BCUT2D eigenvalue weighted by molar-refractivity contribution is 0.355. The van der Waals surface area contributed by atoms with Crippen molar-refractivity contribution in [3.8, 4) is 23.0 Å². The molecule has 7 nitrogen and oxygen atoms in total. The Morgan fingerprint density at radius 2 is 1.80 bits per heavy atom. The molecule has 1 aromatic heterocycles. The molecule has 2 aromatic carbocycles. The molecule has 0 bridgehead atoms. The molecule has 0 aliphatic heterocycles. The zero-order valence-corrected chi connectivity index (χ0v) is 19.9. The monoisotopic (exact) mass is 522 g/mol. The van der Waals surface area contributed by atoms with Crippen LogP contribution in [0.5, 0.6) is 11.5 Å². The number of rotatable bonds is 7. The highest BCUT2D eigenvalue weighted by Crippen LogP contribution is 2.29. The van der Waals surface area contributed by atoms with Crippen LogP contribution in [0.4, 0.5) is 5.69 Å². The average Bonchev–Trinajstić information content (AvgIpc) is 3.22. The van der Waals surface area contributed by atoms with E-state index >= 15 is 0 Å². The molecule has 8 heteroatoms. The van der Waals surface area contributed by atoms with E-state index in [1.807, 2.05) is 42.5 Å². The minimum atomic E-state index is 0. The summed E-state index contributed by atoms with van der Waals surface area (Å²) in [6, 6.07) is 13.7. The van der Waals surface area contributed by atoms with Crippen LogP contribution >= 0.6 is 24.0 Å². The Balaban J connectivity index is 0.00000320. The molecule has 0 aliphatic carbocycles. The van der Waals surface area contributed by atoms with Gasteiger partial charge in [0.2, 0.25) is 5.89 Å². The molecular formula is C22H27IN4O3. The fourth-order valence-corrected chi connectivity index (χ4v) is 2.79. The second-order valence-electron chi connectivity index (χ2n) is 6.45. The molecule has 1 heterocycles. The summed E-state index contributed by atoms with van der Waals surface area (Å²) >= 11 is 0. The molecule has 3 aromatic rings. The van der Waals surface area contributed by atoms with Crippen molar-refractivity contribution in [3.05, 3.63) is 60.0 Å². The Morgan fingerprint density at radius 1 is 1.07 bits per heavy atom. The normalized spacial score (nSPS) is 10.9. The standard InChI is InChI=1S/C22H26N4O3.HI/c1-15-5-7-16(8-6-15)21-25-18(14-29-21)11-12-24-22(23-2)26-17-9-10-19(27-3)20(13-17)28-4;/h5-10,13-14H,11-12H2,1-4H3,(H2,23,24,26);1H. The Labute approximate surface area is 193 Å². The molecule has 0 amide bonds. The molecule has 0 spiro atoms. The molecule has 30 heavy (non-hydrogen) atoms. The van der Waals surface area contributed by atoms with Gasteiger partial charge in [0.05, 0.1) is 19.9 Å². The fraction of sp³-hybridized carbons (Fsp3) is 0.273. The summed E-state index contributed by atoms with van der Waals surface area (Å²) < 4.78 is 16.2. The predicted molar refractivity (Wildman–Crippen MR) is 130 cm³/mol. The first-order valence-electron chi connectivity index (χ1n) is 9.34. The third kappa shape index (κ3) is 6.12. The average molecular weight is 522 g/mol. The van der Waals surface area contributed by atoms with Crippen molar-refractivity contribution in [2.75, 3.05) is 33.1 Å². The number of anilines is 1. The van der Waals surface area contributed by atoms with Gasteiger partial charge in [-0.05, 0) is 31.2 Å². The van der Waals surface area contributed by atoms with E-state index in [0.29, 0.717) is 36.3 Å². The number of hydrogen-bond donors (Lipinski definition) is 2. The first-order chi connectivity index (χ1) is 14.1. The van der Waals surface area contributed by atoms with Gasteiger partial charge in [-0.25, -0.2) is 4.98 Å². The number of oxazole rings is 1. The second kappa shape index (κ2) is 11.4. The van der Waals surface area contributed by atoms with Crippen LogP contribution in [0.25, 0.3) is 11.5 Å². The molecule has 0 atom stereocenters. The van der Waals surface area contributed by atoms with E-state index < -0.39 is 0 Å². The largest absolute Gasteiger partial charge is 0.493 e. The maximum atomic E-state index is 5.61. The van der Waals surface area contributed by atoms with Gasteiger partial charge in [0.25, 0.3) is 0 Å². The summed E-state index contributed by atoms with van der Waals surface area (Å²) in [6.07, 6.45) is 2.41. The van der Waals surface area contributed by atoms with Crippen LogP contribution in [0.2, 0.25) is 0 Å². The topological polar surface area (TPSA) is 80.9 Å².